The van der Waals surface area contributed by atoms with Crippen LogP contribution < -0.4 is 14.4 Å². The van der Waals surface area contributed by atoms with Crippen LogP contribution in [0.15, 0.2) is 54.6 Å². The molecule has 1 fully saturated rings. The molecule has 0 aliphatic heterocycles. The van der Waals surface area contributed by atoms with Gasteiger partial charge in [-0.15, -0.1) is 0 Å². The number of sulfonamides is 1. The third-order valence-electron chi connectivity index (χ3n) is 6.32. The Morgan fingerprint density at radius 3 is 2.29 bits per heavy atom. The summed E-state index contributed by atoms with van der Waals surface area (Å²) >= 11 is 0. The predicted octanol–water partition coefficient (Wildman–Crippen LogP) is 3.33. The third kappa shape index (κ3) is 6.97. The summed E-state index contributed by atoms with van der Waals surface area (Å²) in [5.74, 6) is -0.322. The van der Waals surface area contributed by atoms with Crippen LogP contribution in [0, 0.1) is 0 Å². The summed E-state index contributed by atoms with van der Waals surface area (Å²) in [5.41, 5.74) is 1.13. The van der Waals surface area contributed by atoms with E-state index >= 15 is 0 Å². The van der Waals surface area contributed by atoms with Gasteiger partial charge < -0.3 is 15.0 Å². The third-order valence-corrected chi connectivity index (χ3v) is 7.44. The molecule has 2 aromatic rings. The minimum atomic E-state index is -3.82. The number of nitrogens with zero attached hydrogens (tertiary/aromatic N) is 2. The molecule has 2 aromatic carbocycles. The molecule has 190 valence electrons. The highest BCUT2D eigenvalue weighted by Crippen LogP contribution is 2.30. The average Bonchev–Trinajstić information content (AvgIpc) is 3.35. The summed E-state index contributed by atoms with van der Waals surface area (Å²) in [7, 11) is -2.37. The van der Waals surface area contributed by atoms with E-state index < -0.39 is 28.5 Å². The van der Waals surface area contributed by atoms with Gasteiger partial charge in [0.05, 0.1) is 19.1 Å². The van der Waals surface area contributed by atoms with Gasteiger partial charge in [0, 0.05) is 12.6 Å². The number of ether oxygens (including phenoxy) is 1. The molecule has 1 aliphatic carbocycles. The van der Waals surface area contributed by atoms with E-state index in [0.717, 1.165) is 41.8 Å². The second kappa shape index (κ2) is 12.1. The molecule has 0 unspecified atom stereocenters. The van der Waals surface area contributed by atoms with Gasteiger partial charge in [-0.05, 0) is 37.0 Å². The molecule has 1 saturated carbocycles. The molecule has 0 aromatic heterocycles. The van der Waals surface area contributed by atoms with E-state index in [-0.39, 0.29) is 24.2 Å². The Morgan fingerprint density at radius 2 is 1.69 bits per heavy atom. The molecule has 2 amide bonds. The highest BCUT2D eigenvalue weighted by molar-refractivity contribution is 7.92. The van der Waals surface area contributed by atoms with Gasteiger partial charge in [-0.2, -0.15) is 0 Å². The molecule has 1 aliphatic rings. The van der Waals surface area contributed by atoms with Crippen molar-refractivity contribution < 1.29 is 22.7 Å². The number of amides is 2. The molecule has 1 atom stereocenters. The summed E-state index contributed by atoms with van der Waals surface area (Å²) in [4.78, 5) is 28.5. The number of methoxy groups -OCH3 is 1. The molecular formula is C26H35N3O5S. The smallest absolute Gasteiger partial charge is 0.244 e. The Labute approximate surface area is 208 Å². The highest BCUT2D eigenvalue weighted by Gasteiger charge is 2.33. The maximum atomic E-state index is 13.7. The van der Waals surface area contributed by atoms with Crippen LogP contribution in [-0.2, 0) is 26.2 Å². The predicted molar refractivity (Wildman–Crippen MR) is 137 cm³/mol. The number of rotatable bonds is 11. The highest BCUT2D eigenvalue weighted by atomic mass is 32.2. The summed E-state index contributed by atoms with van der Waals surface area (Å²) in [6, 6.07) is 15.4. The lowest BCUT2D eigenvalue weighted by Gasteiger charge is -2.33. The van der Waals surface area contributed by atoms with Gasteiger partial charge in [-0.3, -0.25) is 13.9 Å². The number of para-hydroxylation sites is 2. The number of benzene rings is 2. The van der Waals surface area contributed by atoms with Crippen LogP contribution in [0.5, 0.6) is 5.75 Å². The van der Waals surface area contributed by atoms with Crippen molar-refractivity contribution in [3.05, 3.63) is 60.2 Å². The minimum Gasteiger partial charge on any atom is -0.495 e. The first-order valence-corrected chi connectivity index (χ1v) is 13.8. The van der Waals surface area contributed by atoms with E-state index in [4.69, 9.17) is 4.74 Å². The minimum absolute atomic E-state index is 0.117. The molecule has 0 spiro atoms. The Kier molecular flexibility index (Phi) is 9.14. The van der Waals surface area contributed by atoms with Crippen LogP contribution in [0.1, 0.15) is 44.6 Å². The number of carbonyl (C=O) groups is 2. The molecule has 3 rings (SSSR count). The second-order valence-electron chi connectivity index (χ2n) is 8.86. The zero-order chi connectivity index (χ0) is 25.4. The number of anilines is 1. The van der Waals surface area contributed by atoms with E-state index in [1.165, 1.54) is 12.0 Å². The quantitative estimate of drug-likeness (QED) is 0.510. The van der Waals surface area contributed by atoms with Crippen LogP contribution >= 0.6 is 0 Å². The van der Waals surface area contributed by atoms with Gasteiger partial charge in [0.15, 0.2) is 0 Å². The fourth-order valence-electron chi connectivity index (χ4n) is 4.50. The second-order valence-corrected chi connectivity index (χ2v) is 10.8. The molecule has 0 bridgehead atoms. The monoisotopic (exact) mass is 501 g/mol. The van der Waals surface area contributed by atoms with Gasteiger partial charge in [0.25, 0.3) is 0 Å². The van der Waals surface area contributed by atoms with Crippen molar-refractivity contribution in [2.24, 2.45) is 0 Å². The molecule has 8 nitrogen and oxygen atoms in total. The Bertz CT molecular complexity index is 1100. The first-order valence-electron chi connectivity index (χ1n) is 12.0. The Morgan fingerprint density at radius 1 is 1.06 bits per heavy atom. The fourth-order valence-corrected chi connectivity index (χ4v) is 5.35. The zero-order valence-corrected chi connectivity index (χ0v) is 21.5. The van der Waals surface area contributed by atoms with E-state index in [2.05, 4.69) is 5.32 Å². The van der Waals surface area contributed by atoms with E-state index in [1.807, 2.05) is 37.3 Å². The molecule has 0 saturated heterocycles. The van der Waals surface area contributed by atoms with Crippen molar-refractivity contribution in [3.8, 4) is 5.75 Å². The zero-order valence-electron chi connectivity index (χ0n) is 20.6. The van der Waals surface area contributed by atoms with E-state index in [1.54, 1.807) is 24.3 Å². The number of hydrogen-bond acceptors (Lipinski definition) is 5. The molecule has 0 radical (unpaired) electrons. The largest absolute Gasteiger partial charge is 0.495 e. The van der Waals surface area contributed by atoms with Crippen molar-refractivity contribution in [2.45, 2.75) is 57.7 Å². The SMILES string of the molecule is CC[C@H](C(=O)NC1CCCC1)N(Cc1ccccc1)C(=O)CN(c1ccccc1OC)S(C)(=O)=O. The lowest BCUT2D eigenvalue weighted by atomic mass is 10.1. The van der Waals surface area contributed by atoms with Crippen molar-refractivity contribution in [1.29, 1.82) is 0 Å². The Balaban J connectivity index is 1.92. The maximum Gasteiger partial charge on any atom is 0.244 e. The van der Waals surface area contributed by atoms with Crippen LogP contribution in [0.25, 0.3) is 0 Å². The summed E-state index contributed by atoms with van der Waals surface area (Å²) in [6.45, 7) is 1.61. The maximum absolute atomic E-state index is 13.7. The summed E-state index contributed by atoms with van der Waals surface area (Å²) in [5, 5.41) is 3.10. The average molecular weight is 502 g/mol. The Hall–Kier alpha value is -3.07. The van der Waals surface area contributed by atoms with Crippen molar-refractivity contribution in [2.75, 3.05) is 24.2 Å². The van der Waals surface area contributed by atoms with Gasteiger partial charge >= 0.3 is 0 Å². The molecular weight excluding hydrogens is 466 g/mol. The van der Waals surface area contributed by atoms with E-state index in [0.29, 0.717) is 12.2 Å². The van der Waals surface area contributed by atoms with Gasteiger partial charge in [0.1, 0.15) is 18.3 Å². The van der Waals surface area contributed by atoms with E-state index in [9.17, 15) is 18.0 Å². The van der Waals surface area contributed by atoms with Crippen LogP contribution in [0.2, 0.25) is 0 Å². The van der Waals surface area contributed by atoms with Crippen LogP contribution in [0.4, 0.5) is 5.69 Å². The number of hydrogen-bond donors (Lipinski definition) is 1. The van der Waals surface area contributed by atoms with Gasteiger partial charge in [-0.25, -0.2) is 8.42 Å². The summed E-state index contributed by atoms with van der Waals surface area (Å²) < 4.78 is 31.9. The normalized spacial score (nSPS) is 14.8. The van der Waals surface area contributed by atoms with Crippen LogP contribution in [0.3, 0.4) is 0 Å². The molecule has 9 heteroatoms. The van der Waals surface area contributed by atoms with Gasteiger partial charge in [0.2, 0.25) is 21.8 Å². The fraction of sp³-hybridized carbons (Fsp3) is 0.462. The number of carbonyl (C=O) groups excluding carboxylic acids is 2. The van der Waals surface area contributed by atoms with Crippen molar-refractivity contribution in [3.63, 3.8) is 0 Å². The lowest BCUT2D eigenvalue weighted by Crippen LogP contribution is -2.53. The lowest BCUT2D eigenvalue weighted by molar-refractivity contribution is -0.140. The van der Waals surface area contributed by atoms with Crippen molar-refractivity contribution in [1.82, 2.24) is 10.2 Å². The van der Waals surface area contributed by atoms with Gasteiger partial charge in [-0.1, -0.05) is 62.2 Å². The first kappa shape index (κ1) is 26.5. The topological polar surface area (TPSA) is 96.0 Å². The standard InChI is InChI=1S/C26H35N3O5S/c1-4-22(26(31)27-21-14-8-9-15-21)28(18-20-12-6-5-7-13-20)25(30)19-29(35(3,32)33)23-16-10-11-17-24(23)34-2/h5-7,10-13,16-17,21-22H,4,8-9,14-15,18-19H2,1-3H3,(H,27,31)/t22-/m1/s1. The summed E-state index contributed by atoms with van der Waals surface area (Å²) in [6.07, 6.45) is 5.49. The molecule has 0 heterocycles. The molecule has 35 heavy (non-hydrogen) atoms. The van der Waals surface area contributed by atoms with Crippen LogP contribution in [-0.4, -0.2) is 57.1 Å². The first-order chi connectivity index (χ1) is 16.7. The van der Waals surface area contributed by atoms with Crippen molar-refractivity contribution >= 4 is 27.5 Å². The number of nitrogens with one attached hydrogen (secondary N) is 1. The molecule has 1 N–H and O–H groups in total.